The van der Waals surface area contributed by atoms with E-state index in [0.29, 0.717) is 28.0 Å². The Balaban J connectivity index is 1.41. The van der Waals surface area contributed by atoms with E-state index in [1.54, 1.807) is 24.4 Å². The monoisotopic (exact) mass is 604 g/mol. The predicted octanol–water partition coefficient (Wildman–Crippen LogP) is 7.10. The van der Waals surface area contributed by atoms with Crippen LogP contribution in [0.4, 0.5) is 0 Å². The maximum Gasteiger partial charge on any atom is 0.275 e. The standard InChI is InChI=1S/C26H19Cl2IN2O3/c1-33-25-13-19-5-3-2-4-18(19)12-20(25)26(32)31-30-14-16-7-9-24(23(29)11-16)34-15-17-6-8-21(27)22(28)10-17/h2-14H,15H2,1H3,(H,31,32)/b30-14-. The van der Waals surface area contributed by atoms with Crippen LogP contribution in [0.3, 0.4) is 0 Å². The molecule has 4 aromatic rings. The number of rotatable bonds is 7. The molecule has 0 saturated carbocycles. The van der Waals surface area contributed by atoms with Crippen LogP contribution in [0.25, 0.3) is 10.8 Å². The van der Waals surface area contributed by atoms with E-state index < -0.39 is 0 Å². The number of fused-ring (bicyclic) bond motifs is 1. The SMILES string of the molecule is COc1cc2ccccc2cc1C(=O)N/N=C\c1ccc(OCc2ccc(Cl)c(Cl)c2)c(I)c1. The molecule has 0 aliphatic heterocycles. The number of nitrogens with one attached hydrogen (secondary N) is 1. The normalized spacial score (nSPS) is 11.1. The molecule has 0 radical (unpaired) electrons. The number of carbonyl (C=O) groups excluding carboxylic acids is 1. The first-order chi connectivity index (χ1) is 16.4. The number of benzene rings is 4. The molecule has 172 valence electrons. The Morgan fingerprint density at radius 1 is 0.971 bits per heavy atom. The van der Waals surface area contributed by atoms with Crippen molar-refractivity contribution in [1.29, 1.82) is 0 Å². The minimum Gasteiger partial charge on any atom is -0.496 e. The Hall–Kier alpha value is -2.81. The van der Waals surface area contributed by atoms with E-state index in [1.807, 2.05) is 54.6 Å². The molecule has 0 fully saturated rings. The molecule has 8 heteroatoms. The Bertz CT molecular complexity index is 1390. The summed E-state index contributed by atoms with van der Waals surface area (Å²) in [5, 5.41) is 7.05. The molecule has 34 heavy (non-hydrogen) atoms. The summed E-state index contributed by atoms with van der Waals surface area (Å²) in [6.07, 6.45) is 1.58. The Labute approximate surface area is 220 Å². The van der Waals surface area contributed by atoms with Crippen LogP contribution in [0.1, 0.15) is 21.5 Å². The zero-order valence-corrected chi connectivity index (χ0v) is 21.7. The summed E-state index contributed by atoms with van der Waals surface area (Å²) in [4.78, 5) is 12.7. The highest BCUT2D eigenvalue weighted by molar-refractivity contribution is 14.1. The summed E-state index contributed by atoms with van der Waals surface area (Å²) >= 11 is 14.2. The Morgan fingerprint density at radius 2 is 1.74 bits per heavy atom. The second-order valence-corrected chi connectivity index (χ2v) is 9.30. The van der Waals surface area contributed by atoms with Gasteiger partial charge in [0.1, 0.15) is 18.1 Å². The second kappa shape index (κ2) is 11.1. The van der Waals surface area contributed by atoms with Gasteiger partial charge < -0.3 is 9.47 Å². The molecule has 0 saturated heterocycles. The molecule has 1 N–H and O–H groups in total. The van der Waals surface area contributed by atoms with Gasteiger partial charge in [-0.1, -0.05) is 53.5 Å². The first-order valence-corrected chi connectivity index (χ1v) is 12.0. The molecule has 0 unspecified atom stereocenters. The maximum atomic E-state index is 12.7. The molecule has 0 spiro atoms. The largest absolute Gasteiger partial charge is 0.496 e. The van der Waals surface area contributed by atoms with E-state index >= 15 is 0 Å². The fraction of sp³-hybridized carbons (Fsp3) is 0.0769. The van der Waals surface area contributed by atoms with E-state index in [-0.39, 0.29) is 5.91 Å². The average molecular weight is 605 g/mol. The molecule has 0 aromatic heterocycles. The highest BCUT2D eigenvalue weighted by Gasteiger charge is 2.13. The topological polar surface area (TPSA) is 59.9 Å². The number of halogens is 3. The molecule has 0 aliphatic carbocycles. The molecule has 0 heterocycles. The summed E-state index contributed by atoms with van der Waals surface area (Å²) in [6, 6.07) is 22.4. The molecule has 0 aliphatic rings. The smallest absolute Gasteiger partial charge is 0.275 e. The van der Waals surface area contributed by atoms with Crippen molar-refractivity contribution in [2.75, 3.05) is 7.11 Å². The van der Waals surface area contributed by atoms with Crippen LogP contribution in [0.2, 0.25) is 10.0 Å². The zero-order chi connectivity index (χ0) is 24.1. The summed E-state index contributed by atoms with van der Waals surface area (Å²) in [6.45, 7) is 0.365. The third-order valence-electron chi connectivity index (χ3n) is 5.03. The Kier molecular flexibility index (Phi) is 7.92. The number of amides is 1. The van der Waals surface area contributed by atoms with Crippen molar-refractivity contribution in [3.8, 4) is 11.5 Å². The van der Waals surface area contributed by atoms with Crippen LogP contribution in [0.15, 0.2) is 77.9 Å². The summed E-state index contributed by atoms with van der Waals surface area (Å²) in [5.41, 5.74) is 4.72. The van der Waals surface area contributed by atoms with Crippen LogP contribution in [-0.2, 0) is 6.61 Å². The van der Waals surface area contributed by atoms with Gasteiger partial charge in [0.15, 0.2) is 0 Å². The van der Waals surface area contributed by atoms with E-state index in [2.05, 4.69) is 33.1 Å². The maximum absolute atomic E-state index is 12.7. The number of hydrazone groups is 1. The van der Waals surface area contributed by atoms with E-state index in [1.165, 1.54) is 7.11 Å². The zero-order valence-electron chi connectivity index (χ0n) is 18.0. The van der Waals surface area contributed by atoms with Crippen LogP contribution in [0, 0.1) is 3.57 Å². The van der Waals surface area contributed by atoms with Gasteiger partial charge in [0.05, 0.1) is 32.5 Å². The van der Waals surface area contributed by atoms with Crippen molar-refractivity contribution < 1.29 is 14.3 Å². The Morgan fingerprint density at radius 3 is 2.44 bits per heavy atom. The van der Waals surface area contributed by atoms with Gasteiger partial charge in [-0.3, -0.25) is 4.79 Å². The van der Waals surface area contributed by atoms with Gasteiger partial charge >= 0.3 is 0 Å². The molecule has 5 nitrogen and oxygen atoms in total. The lowest BCUT2D eigenvalue weighted by Crippen LogP contribution is -2.18. The van der Waals surface area contributed by atoms with Crippen molar-refractivity contribution in [1.82, 2.24) is 5.43 Å². The molecular weight excluding hydrogens is 586 g/mol. The van der Waals surface area contributed by atoms with Crippen molar-refractivity contribution >= 4 is 68.7 Å². The van der Waals surface area contributed by atoms with Crippen LogP contribution in [0.5, 0.6) is 11.5 Å². The van der Waals surface area contributed by atoms with Gasteiger partial charge in [-0.2, -0.15) is 5.10 Å². The fourth-order valence-electron chi connectivity index (χ4n) is 3.30. The number of ether oxygens (including phenoxy) is 2. The molecule has 1 amide bonds. The lowest BCUT2D eigenvalue weighted by molar-refractivity contribution is 0.0952. The lowest BCUT2D eigenvalue weighted by Gasteiger charge is -2.10. The molecule has 4 rings (SSSR count). The van der Waals surface area contributed by atoms with Gasteiger partial charge in [-0.15, -0.1) is 0 Å². The summed E-state index contributed by atoms with van der Waals surface area (Å²) in [5.74, 6) is 0.869. The van der Waals surface area contributed by atoms with E-state index in [0.717, 1.165) is 31.2 Å². The molecule has 4 aromatic carbocycles. The van der Waals surface area contributed by atoms with Gasteiger partial charge in [0.25, 0.3) is 5.91 Å². The number of nitrogens with zero attached hydrogens (tertiary/aromatic N) is 1. The third kappa shape index (κ3) is 5.81. The predicted molar refractivity (Wildman–Crippen MR) is 146 cm³/mol. The van der Waals surface area contributed by atoms with E-state index in [9.17, 15) is 4.79 Å². The summed E-state index contributed by atoms with van der Waals surface area (Å²) < 4.78 is 12.2. The third-order valence-corrected chi connectivity index (χ3v) is 6.61. The van der Waals surface area contributed by atoms with Gasteiger partial charge in [0.2, 0.25) is 0 Å². The van der Waals surface area contributed by atoms with Crippen LogP contribution >= 0.6 is 45.8 Å². The number of hydrogen-bond donors (Lipinski definition) is 1. The lowest BCUT2D eigenvalue weighted by atomic mass is 10.1. The van der Waals surface area contributed by atoms with Crippen LogP contribution < -0.4 is 14.9 Å². The van der Waals surface area contributed by atoms with Crippen molar-refractivity contribution in [3.63, 3.8) is 0 Å². The van der Waals surface area contributed by atoms with Gasteiger partial charge in [-0.25, -0.2) is 5.43 Å². The van der Waals surface area contributed by atoms with Crippen molar-refractivity contribution in [2.24, 2.45) is 5.10 Å². The number of methoxy groups -OCH3 is 1. The quantitative estimate of drug-likeness (QED) is 0.139. The average Bonchev–Trinajstić information content (AvgIpc) is 2.84. The second-order valence-electron chi connectivity index (χ2n) is 7.33. The number of carbonyl (C=O) groups is 1. The first kappa shape index (κ1) is 24.3. The summed E-state index contributed by atoms with van der Waals surface area (Å²) in [7, 11) is 1.54. The number of hydrogen-bond acceptors (Lipinski definition) is 4. The minimum absolute atomic E-state index is 0.352. The van der Waals surface area contributed by atoms with Crippen molar-refractivity contribution in [2.45, 2.75) is 6.61 Å². The van der Waals surface area contributed by atoms with Gasteiger partial charge in [0, 0.05) is 0 Å². The molecule has 0 atom stereocenters. The van der Waals surface area contributed by atoms with E-state index in [4.69, 9.17) is 32.7 Å². The fourth-order valence-corrected chi connectivity index (χ4v) is 4.31. The highest BCUT2D eigenvalue weighted by Crippen LogP contribution is 2.27. The van der Waals surface area contributed by atoms with Gasteiger partial charge in [-0.05, 0) is 87.0 Å². The minimum atomic E-state index is -0.352. The first-order valence-electron chi connectivity index (χ1n) is 10.2. The molecule has 0 bridgehead atoms. The van der Waals surface area contributed by atoms with Crippen molar-refractivity contribution in [3.05, 3.63) is 103 Å². The highest BCUT2D eigenvalue weighted by atomic mass is 127. The van der Waals surface area contributed by atoms with Crippen LogP contribution in [-0.4, -0.2) is 19.2 Å². The molecular formula is C26H19Cl2IN2O3.